The molecule has 0 atom stereocenters. The lowest BCUT2D eigenvalue weighted by atomic mass is 10.2. The Kier molecular flexibility index (Phi) is 3.68. The summed E-state index contributed by atoms with van der Waals surface area (Å²) in [7, 11) is 0. The molecule has 0 amide bonds. The third kappa shape index (κ3) is 2.48. The molecule has 0 aromatic carbocycles. The molecule has 0 aliphatic heterocycles. The van der Waals surface area contributed by atoms with Crippen molar-refractivity contribution in [2.45, 2.75) is 29.1 Å². The molecule has 2 heterocycles. The highest BCUT2D eigenvalue weighted by molar-refractivity contribution is 8.01. The minimum absolute atomic E-state index is 0.559. The first kappa shape index (κ1) is 11.3. The Morgan fingerprint density at radius 3 is 3.00 bits per heavy atom. The van der Waals surface area contributed by atoms with Gasteiger partial charge in [0.05, 0.1) is 0 Å². The standard InChI is InChI=1S/C9H11N5S2/c1-2-3-6-7(10)11-4-12-8(6)16-9-14-13-5-15-9/h4-5H,2-3H2,1H3,(H2,10,11,12). The molecule has 0 bridgehead atoms. The summed E-state index contributed by atoms with van der Waals surface area (Å²) >= 11 is 2.98. The molecule has 0 fully saturated rings. The van der Waals surface area contributed by atoms with E-state index in [0.717, 1.165) is 27.8 Å². The molecule has 0 saturated heterocycles. The average molecular weight is 253 g/mol. The zero-order valence-corrected chi connectivity index (χ0v) is 10.4. The molecular formula is C9H11N5S2. The van der Waals surface area contributed by atoms with Crippen molar-refractivity contribution in [2.24, 2.45) is 0 Å². The molecule has 0 saturated carbocycles. The van der Waals surface area contributed by atoms with Crippen molar-refractivity contribution in [3.8, 4) is 0 Å². The summed E-state index contributed by atoms with van der Waals surface area (Å²) in [6.45, 7) is 2.10. The summed E-state index contributed by atoms with van der Waals surface area (Å²) in [6.07, 6.45) is 3.38. The molecule has 2 aromatic rings. The van der Waals surface area contributed by atoms with E-state index in [9.17, 15) is 0 Å². The van der Waals surface area contributed by atoms with Crippen LogP contribution in [0.3, 0.4) is 0 Å². The third-order valence-electron chi connectivity index (χ3n) is 1.96. The Morgan fingerprint density at radius 2 is 2.31 bits per heavy atom. The van der Waals surface area contributed by atoms with Gasteiger partial charge >= 0.3 is 0 Å². The molecule has 2 rings (SSSR count). The Labute approximate surface area is 102 Å². The number of nitrogens with two attached hydrogens (primary N) is 1. The molecule has 16 heavy (non-hydrogen) atoms. The van der Waals surface area contributed by atoms with Crippen molar-refractivity contribution in [1.29, 1.82) is 0 Å². The summed E-state index contributed by atoms with van der Waals surface area (Å²) in [5, 5.41) is 8.64. The fourth-order valence-electron chi connectivity index (χ4n) is 1.27. The van der Waals surface area contributed by atoms with Crippen LogP contribution in [0.1, 0.15) is 18.9 Å². The fraction of sp³-hybridized carbons (Fsp3) is 0.333. The maximum absolute atomic E-state index is 5.84. The molecule has 0 spiro atoms. The maximum atomic E-state index is 5.84. The van der Waals surface area contributed by atoms with Gasteiger partial charge in [-0.3, -0.25) is 0 Å². The van der Waals surface area contributed by atoms with Gasteiger partial charge < -0.3 is 5.73 Å². The Hall–Kier alpha value is -1.21. The summed E-state index contributed by atoms with van der Waals surface area (Å²) in [4.78, 5) is 8.25. The third-order valence-corrected chi connectivity index (χ3v) is 3.79. The van der Waals surface area contributed by atoms with E-state index in [1.807, 2.05) is 0 Å². The Balaban J connectivity index is 2.29. The minimum Gasteiger partial charge on any atom is -0.383 e. The molecular weight excluding hydrogens is 242 g/mol. The van der Waals surface area contributed by atoms with E-state index >= 15 is 0 Å². The first-order chi connectivity index (χ1) is 7.81. The zero-order chi connectivity index (χ0) is 11.4. The van der Waals surface area contributed by atoms with Crippen LogP contribution < -0.4 is 5.73 Å². The van der Waals surface area contributed by atoms with Gasteiger partial charge in [-0.1, -0.05) is 24.7 Å². The first-order valence-electron chi connectivity index (χ1n) is 4.84. The quantitative estimate of drug-likeness (QED) is 0.840. The second-order valence-corrected chi connectivity index (χ2v) is 5.17. The molecule has 2 aromatic heterocycles. The number of nitrogens with zero attached hydrogens (tertiary/aromatic N) is 4. The highest BCUT2D eigenvalue weighted by Crippen LogP contribution is 2.31. The predicted molar refractivity (Wildman–Crippen MR) is 64.5 cm³/mol. The van der Waals surface area contributed by atoms with E-state index < -0.39 is 0 Å². The van der Waals surface area contributed by atoms with Gasteiger partial charge in [-0.25, -0.2) is 9.97 Å². The van der Waals surface area contributed by atoms with Gasteiger partial charge in [-0.05, 0) is 18.2 Å². The zero-order valence-electron chi connectivity index (χ0n) is 8.75. The fourth-order valence-corrected chi connectivity index (χ4v) is 2.79. The van der Waals surface area contributed by atoms with E-state index in [0.29, 0.717) is 5.82 Å². The Bertz CT molecular complexity index is 457. The van der Waals surface area contributed by atoms with Crippen molar-refractivity contribution in [3.05, 3.63) is 17.4 Å². The van der Waals surface area contributed by atoms with Crippen LogP contribution in [0.25, 0.3) is 0 Å². The molecule has 5 nitrogen and oxygen atoms in total. The molecule has 0 unspecified atom stereocenters. The topological polar surface area (TPSA) is 77.6 Å². The highest BCUT2D eigenvalue weighted by atomic mass is 32.2. The van der Waals surface area contributed by atoms with Crippen LogP contribution in [0.5, 0.6) is 0 Å². The number of hydrogen-bond acceptors (Lipinski definition) is 7. The van der Waals surface area contributed by atoms with Crippen molar-refractivity contribution in [3.63, 3.8) is 0 Å². The number of rotatable bonds is 4. The number of aromatic nitrogens is 4. The second-order valence-electron chi connectivity index (χ2n) is 3.10. The van der Waals surface area contributed by atoms with Crippen LogP contribution in [0.4, 0.5) is 5.82 Å². The van der Waals surface area contributed by atoms with Crippen LogP contribution in [0, 0.1) is 0 Å². The largest absolute Gasteiger partial charge is 0.383 e. The SMILES string of the molecule is CCCc1c(N)ncnc1Sc1nncs1. The van der Waals surface area contributed by atoms with Crippen LogP contribution >= 0.6 is 23.1 Å². The maximum Gasteiger partial charge on any atom is 0.180 e. The van der Waals surface area contributed by atoms with Crippen molar-refractivity contribution in [2.75, 3.05) is 5.73 Å². The summed E-state index contributed by atoms with van der Waals surface area (Å²) in [5.74, 6) is 0.559. The molecule has 84 valence electrons. The van der Waals surface area contributed by atoms with Gasteiger partial charge in [-0.2, -0.15) is 0 Å². The van der Waals surface area contributed by atoms with E-state index in [-0.39, 0.29) is 0 Å². The van der Waals surface area contributed by atoms with E-state index in [1.165, 1.54) is 29.4 Å². The number of hydrogen-bond donors (Lipinski definition) is 1. The van der Waals surface area contributed by atoms with Gasteiger partial charge in [0, 0.05) is 5.56 Å². The van der Waals surface area contributed by atoms with Crippen LogP contribution in [-0.2, 0) is 6.42 Å². The van der Waals surface area contributed by atoms with Gasteiger partial charge in [0.2, 0.25) is 0 Å². The van der Waals surface area contributed by atoms with Crippen LogP contribution in [-0.4, -0.2) is 20.2 Å². The first-order valence-corrected chi connectivity index (χ1v) is 6.54. The molecule has 0 aliphatic carbocycles. The lowest BCUT2D eigenvalue weighted by molar-refractivity contribution is 0.860. The van der Waals surface area contributed by atoms with E-state index in [4.69, 9.17) is 5.73 Å². The monoisotopic (exact) mass is 253 g/mol. The van der Waals surface area contributed by atoms with Gasteiger partial charge in [0.25, 0.3) is 0 Å². The van der Waals surface area contributed by atoms with Crippen molar-refractivity contribution in [1.82, 2.24) is 20.2 Å². The predicted octanol–water partition coefficient (Wildman–Crippen LogP) is 2.01. The molecule has 0 radical (unpaired) electrons. The van der Waals surface area contributed by atoms with Crippen molar-refractivity contribution < 1.29 is 0 Å². The lowest BCUT2D eigenvalue weighted by Crippen LogP contribution is -2.01. The van der Waals surface area contributed by atoms with Crippen molar-refractivity contribution >= 4 is 28.9 Å². The van der Waals surface area contributed by atoms with Gasteiger partial charge in [0.1, 0.15) is 22.7 Å². The summed E-state index contributed by atoms with van der Waals surface area (Å²) < 4.78 is 0.871. The molecule has 0 aliphatic rings. The lowest BCUT2D eigenvalue weighted by Gasteiger charge is -2.06. The summed E-state index contributed by atoms with van der Waals surface area (Å²) in [6, 6.07) is 0. The molecule has 7 heteroatoms. The van der Waals surface area contributed by atoms with Crippen LogP contribution in [0.15, 0.2) is 21.2 Å². The minimum atomic E-state index is 0.559. The second kappa shape index (κ2) is 5.22. The summed E-state index contributed by atoms with van der Waals surface area (Å²) in [5.41, 5.74) is 8.54. The van der Waals surface area contributed by atoms with Gasteiger partial charge in [-0.15, -0.1) is 10.2 Å². The van der Waals surface area contributed by atoms with E-state index in [1.54, 1.807) is 5.51 Å². The van der Waals surface area contributed by atoms with E-state index in [2.05, 4.69) is 27.1 Å². The number of nitrogen functional groups attached to an aromatic ring is 1. The molecule has 2 N–H and O–H groups in total. The van der Waals surface area contributed by atoms with Crippen LogP contribution in [0.2, 0.25) is 0 Å². The normalized spacial score (nSPS) is 10.6. The van der Waals surface area contributed by atoms with Gasteiger partial charge in [0.15, 0.2) is 4.34 Å². The highest BCUT2D eigenvalue weighted by Gasteiger charge is 2.11. The average Bonchev–Trinajstić information content (AvgIpc) is 2.76. The Morgan fingerprint density at radius 1 is 1.44 bits per heavy atom. The smallest absolute Gasteiger partial charge is 0.180 e. The number of anilines is 1.